The van der Waals surface area contributed by atoms with Crippen molar-refractivity contribution in [1.29, 1.82) is 0 Å². The third-order valence-corrected chi connectivity index (χ3v) is 5.99. The molecule has 0 saturated carbocycles. The normalized spacial score (nSPS) is 24.3. The molecule has 5 rings (SSSR count). The van der Waals surface area contributed by atoms with Gasteiger partial charge >= 0.3 is 0 Å². The van der Waals surface area contributed by atoms with Crippen LogP contribution >= 0.6 is 12.4 Å². The minimum absolute atomic E-state index is 0. The number of nitrogens with zero attached hydrogens (tertiary/aromatic N) is 1. The molecule has 2 N–H and O–H groups in total. The van der Waals surface area contributed by atoms with Crippen molar-refractivity contribution < 1.29 is 14.3 Å². The van der Waals surface area contributed by atoms with Crippen LogP contribution in [0.5, 0.6) is 5.75 Å². The molecule has 2 fully saturated rings. The number of nitrogens with one attached hydrogen (secondary N) is 2. The summed E-state index contributed by atoms with van der Waals surface area (Å²) in [6.45, 7) is 3.60. The van der Waals surface area contributed by atoms with Gasteiger partial charge in [-0.15, -0.1) is 12.4 Å². The van der Waals surface area contributed by atoms with Crippen LogP contribution in [0, 0.1) is 11.8 Å². The molecule has 29 heavy (non-hydrogen) atoms. The van der Waals surface area contributed by atoms with Crippen molar-refractivity contribution in [2.75, 3.05) is 31.5 Å². The Balaban J connectivity index is 0.00000205. The van der Waals surface area contributed by atoms with Crippen molar-refractivity contribution in [2.45, 2.75) is 12.5 Å². The summed E-state index contributed by atoms with van der Waals surface area (Å²) in [7, 11) is 0. The van der Waals surface area contributed by atoms with E-state index < -0.39 is 6.10 Å². The highest BCUT2D eigenvalue weighted by molar-refractivity contribution is 5.98. The zero-order valence-electron chi connectivity index (χ0n) is 16.0. The van der Waals surface area contributed by atoms with Gasteiger partial charge < -0.3 is 20.3 Å². The maximum absolute atomic E-state index is 12.9. The van der Waals surface area contributed by atoms with Crippen LogP contribution in [0.25, 0.3) is 0 Å². The van der Waals surface area contributed by atoms with Crippen LogP contribution in [0.15, 0.2) is 48.5 Å². The van der Waals surface area contributed by atoms with Crippen molar-refractivity contribution in [2.24, 2.45) is 11.8 Å². The Morgan fingerprint density at radius 3 is 2.55 bits per heavy atom. The van der Waals surface area contributed by atoms with Gasteiger partial charge in [0.2, 0.25) is 0 Å². The zero-order chi connectivity index (χ0) is 19.1. The number of carbonyl (C=O) groups is 2. The molecule has 6 nitrogen and oxygen atoms in total. The first kappa shape index (κ1) is 19.7. The Morgan fingerprint density at radius 2 is 1.79 bits per heavy atom. The van der Waals surface area contributed by atoms with E-state index in [9.17, 15) is 9.59 Å². The Bertz CT molecular complexity index is 898. The molecule has 3 atom stereocenters. The predicted molar refractivity (Wildman–Crippen MR) is 113 cm³/mol. The van der Waals surface area contributed by atoms with Crippen LogP contribution < -0.4 is 15.4 Å². The number of ether oxygens (including phenoxy) is 1. The summed E-state index contributed by atoms with van der Waals surface area (Å²) in [5.74, 6) is 1.74. The monoisotopic (exact) mass is 413 g/mol. The average molecular weight is 414 g/mol. The quantitative estimate of drug-likeness (QED) is 0.810. The second-order valence-electron chi connectivity index (χ2n) is 7.88. The van der Waals surface area contributed by atoms with Gasteiger partial charge in [0.25, 0.3) is 11.8 Å². The summed E-state index contributed by atoms with van der Waals surface area (Å²) < 4.78 is 5.75. The number of benzene rings is 2. The Kier molecular flexibility index (Phi) is 5.48. The number of amides is 2. The van der Waals surface area contributed by atoms with Gasteiger partial charge in [-0.25, -0.2) is 0 Å². The standard InChI is InChI=1S/C22H23N3O3.ClH/c26-21(20-9-14-4-1-2-7-19(14)28-20)24-18-6-3-5-15(8-18)22(27)25-12-16-10-23-11-17(16)13-25;/h1-8,16-17,20,23H,9-13H2,(H,24,26);1H/t16-,17+,20?;. The molecule has 1 unspecified atom stereocenters. The van der Waals surface area contributed by atoms with Crippen molar-refractivity contribution in [3.05, 3.63) is 59.7 Å². The minimum Gasteiger partial charge on any atom is -0.480 e. The fourth-order valence-electron chi connectivity index (χ4n) is 4.48. The van der Waals surface area contributed by atoms with Crippen LogP contribution in [-0.4, -0.2) is 49.0 Å². The Labute approximate surface area is 176 Å². The lowest BCUT2D eigenvalue weighted by Gasteiger charge is -2.18. The first-order valence-corrected chi connectivity index (χ1v) is 9.83. The predicted octanol–water partition coefficient (Wildman–Crippen LogP) is 2.34. The molecule has 3 aliphatic heterocycles. The number of likely N-dealkylation sites (tertiary alicyclic amines) is 1. The van der Waals surface area contributed by atoms with Gasteiger partial charge in [-0.2, -0.15) is 0 Å². The van der Waals surface area contributed by atoms with E-state index in [2.05, 4.69) is 10.6 Å². The number of carbonyl (C=O) groups excluding carboxylic acids is 2. The van der Waals surface area contributed by atoms with Gasteiger partial charge in [0, 0.05) is 43.9 Å². The highest BCUT2D eigenvalue weighted by Crippen LogP contribution is 2.29. The number of halogens is 1. The molecule has 0 radical (unpaired) electrons. The summed E-state index contributed by atoms with van der Waals surface area (Å²) in [6, 6.07) is 14.9. The highest BCUT2D eigenvalue weighted by atomic mass is 35.5. The number of anilines is 1. The molecule has 152 valence electrons. The summed E-state index contributed by atoms with van der Waals surface area (Å²) >= 11 is 0. The van der Waals surface area contributed by atoms with E-state index in [0.29, 0.717) is 29.5 Å². The molecule has 2 aromatic rings. The molecule has 2 amide bonds. The fourth-order valence-corrected chi connectivity index (χ4v) is 4.48. The van der Waals surface area contributed by atoms with Crippen LogP contribution in [-0.2, 0) is 11.2 Å². The van der Waals surface area contributed by atoms with Gasteiger partial charge in [0.1, 0.15) is 5.75 Å². The second-order valence-corrected chi connectivity index (χ2v) is 7.88. The van der Waals surface area contributed by atoms with E-state index in [0.717, 1.165) is 37.5 Å². The van der Waals surface area contributed by atoms with Crippen molar-refractivity contribution in [3.8, 4) is 5.75 Å². The molecule has 3 aliphatic rings. The minimum atomic E-state index is -0.540. The molecule has 3 heterocycles. The van der Waals surface area contributed by atoms with Crippen LogP contribution in [0.1, 0.15) is 15.9 Å². The summed E-state index contributed by atoms with van der Waals surface area (Å²) in [4.78, 5) is 27.4. The number of hydrogen-bond donors (Lipinski definition) is 2. The van der Waals surface area contributed by atoms with E-state index in [-0.39, 0.29) is 24.2 Å². The van der Waals surface area contributed by atoms with Crippen molar-refractivity contribution in [3.63, 3.8) is 0 Å². The number of para-hydroxylation sites is 1. The van der Waals surface area contributed by atoms with Crippen LogP contribution in [0.4, 0.5) is 5.69 Å². The summed E-state index contributed by atoms with van der Waals surface area (Å²) in [6.07, 6.45) is 0.0211. The molecular formula is C22H24ClN3O3. The molecule has 2 aromatic carbocycles. The van der Waals surface area contributed by atoms with Gasteiger partial charge in [0.15, 0.2) is 6.10 Å². The van der Waals surface area contributed by atoms with E-state index in [1.54, 1.807) is 12.1 Å². The summed E-state index contributed by atoms with van der Waals surface area (Å²) in [5, 5.41) is 6.29. The first-order valence-electron chi connectivity index (χ1n) is 9.83. The third kappa shape index (κ3) is 3.82. The van der Waals surface area contributed by atoms with E-state index in [1.807, 2.05) is 41.3 Å². The van der Waals surface area contributed by atoms with Gasteiger partial charge in [-0.1, -0.05) is 24.3 Å². The van der Waals surface area contributed by atoms with E-state index in [1.165, 1.54) is 0 Å². The van der Waals surface area contributed by atoms with Gasteiger partial charge in [0.05, 0.1) is 0 Å². The van der Waals surface area contributed by atoms with Crippen molar-refractivity contribution in [1.82, 2.24) is 10.2 Å². The lowest BCUT2D eigenvalue weighted by atomic mass is 10.0. The Morgan fingerprint density at radius 1 is 1.03 bits per heavy atom. The second kappa shape index (κ2) is 8.05. The maximum atomic E-state index is 12.9. The van der Waals surface area contributed by atoms with Crippen molar-refractivity contribution >= 4 is 29.9 Å². The summed E-state index contributed by atoms with van der Waals surface area (Å²) in [5.41, 5.74) is 2.28. The first-order chi connectivity index (χ1) is 13.7. The molecule has 2 saturated heterocycles. The molecule has 7 heteroatoms. The van der Waals surface area contributed by atoms with Crippen LogP contribution in [0.2, 0.25) is 0 Å². The number of hydrogen-bond acceptors (Lipinski definition) is 4. The lowest BCUT2D eigenvalue weighted by Crippen LogP contribution is -2.32. The number of fused-ring (bicyclic) bond motifs is 2. The zero-order valence-corrected chi connectivity index (χ0v) is 16.8. The fraction of sp³-hybridized carbons (Fsp3) is 0.364. The molecule has 0 spiro atoms. The topological polar surface area (TPSA) is 70.7 Å². The molecule has 0 aromatic heterocycles. The van der Waals surface area contributed by atoms with Gasteiger partial charge in [-0.05, 0) is 41.7 Å². The van der Waals surface area contributed by atoms with Gasteiger partial charge in [-0.3, -0.25) is 9.59 Å². The van der Waals surface area contributed by atoms with E-state index >= 15 is 0 Å². The van der Waals surface area contributed by atoms with E-state index in [4.69, 9.17) is 4.74 Å². The Hall–Kier alpha value is -2.57. The SMILES string of the molecule is Cl.O=C(Nc1cccc(C(=O)N2C[C@H]3CNC[C@H]3C2)c1)C1Cc2ccccc2O1. The lowest BCUT2D eigenvalue weighted by molar-refractivity contribution is -0.122. The smallest absolute Gasteiger partial charge is 0.265 e. The molecular weight excluding hydrogens is 390 g/mol. The molecule has 0 bridgehead atoms. The van der Waals surface area contributed by atoms with Crippen LogP contribution in [0.3, 0.4) is 0 Å². The molecule has 0 aliphatic carbocycles. The number of rotatable bonds is 3. The average Bonchev–Trinajstić information content (AvgIpc) is 3.41. The highest BCUT2D eigenvalue weighted by Gasteiger charge is 2.38. The largest absolute Gasteiger partial charge is 0.480 e. The maximum Gasteiger partial charge on any atom is 0.265 e. The third-order valence-electron chi connectivity index (χ3n) is 5.99.